The lowest BCUT2D eigenvalue weighted by Crippen LogP contribution is -2.41. The minimum atomic E-state index is 0.541. The summed E-state index contributed by atoms with van der Waals surface area (Å²) in [7, 11) is 2.08. The first-order valence-corrected chi connectivity index (χ1v) is 6.73. The van der Waals surface area contributed by atoms with Crippen LogP contribution in [-0.4, -0.2) is 41.1 Å². The highest BCUT2D eigenvalue weighted by Crippen LogP contribution is 2.20. The minimum Gasteiger partial charge on any atom is -0.367 e. The molecule has 0 spiro atoms. The highest BCUT2D eigenvalue weighted by Gasteiger charge is 2.19. The Bertz CT molecular complexity index is 499. The maximum absolute atomic E-state index is 4.49. The lowest BCUT2D eigenvalue weighted by molar-refractivity contribution is 0.439. The van der Waals surface area contributed by atoms with Crippen molar-refractivity contribution in [2.45, 2.75) is 18.9 Å². The molecule has 3 rings (SSSR count). The van der Waals surface area contributed by atoms with Crippen molar-refractivity contribution in [1.29, 1.82) is 0 Å². The molecule has 1 fully saturated rings. The summed E-state index contributed by atoms with van der Waals surface area (Å²) in [6.07, 6.45) is 9.95. The molecule has 0 atom stereocenters. The maximum Gasteiger partial charge on any atom is 0.225 e. The topological polar surface area (TPSA) is 56.8 Å². The second-order valence-electron chi connectivity index (χ2n) is 4.96. The summed E-state index contributed by atoms with van der Waals surface area (Å²) < 4.78 is 0. The van der Waals surface area contributed by atoms with E-state index in [0.717, 1.165) is 43.0 Å². The summed E-state index contributed by atoms with van der Waals surface area (Å²) in [6.45, 7) is 2.16. The third kappa shape index (κ3) is 2.61. The Labute approximate surface area is 113 Å². The average Bonchev–Trinajstić information content (AvgIpc) is 3.02. The van der Waals surface area contributed by atoms with Crippen molar-refractivity contribution in [3.63, 3.8) is 0 Å². The fraction of sp³-hybridized carbons (Fsp3) is 0.429. The van der Waals surface area contributed by atoms with E-state index in [0.29, 0.717) is 6.04 Å². The quantitative estimate of drug-likeness (QED) is 0.878. The van der Waals surface area contributed by atoms with Gasteiger partial charge in [-0.05, 0) is 32.0 Å². The van der Waals surface area contributed by atoms with Crippen LogP contribution < -0.4 is 10.2 Å². The molecule has 0 unspecified atom stereocenters. The van der Waals surface area contributed by atoms with Gasteiger partial charge in [0.2, 0.25) is 5.95 Å². The molecule has 3 heterocycles. The van der Waals surface area contributed by atoms with Crippen LogP contribution in [0.4, 0.5) is 5.95 Å². The summed E-state index contributed by atoms with van der Waals surface area (Å²) in [4.78, 5) is 14.2. The third-order valence-electron chi connectivity index (χ3n) is 3.74. The van der Waals surface area contributed by atoms with Gasteiger partial charge in [-0.2, -0.15) is 0 Å². The highest BCUT2D eigenvalue weighted by molar-refractivity contribution is 5.61. The van der Waals surface area contributed by atoms with Crippen LogP contribution in [0, 0.1) is 0 Å². The fourth-order valence-electron chi connectivity index (χ4n) is 2.51. The normalized spacial score (nSPS) is 16.5. The lowest BCUT2D eigenvalue weighted by Gasteiger charge is -2.31. The van der Waals surface area contributed by atoms with Crippen LogP contribution >= 0.6 is 0 Å². The van der Waals surface area contributed by atoms with Gasteiger partial charge in [0.25, 0.3) is 0 Å². The maximum atomic E-state index is 4.49. The fourth-order valence-corrected chi connectivity index (χ4v) is 2.51. The van der Waals surface area contributed by atoms with E-state index in [-0.39, 0.29) is 0 Å². The van der Waals surface area contributed by atoms with Gasteiger partial charge in [0.1, 0.15) is 0 Å². The molecular weight excluding hydrogens is 238 g/mol. The molecule has 2 aromatic rings. The average molecular weight is 257 g/mol. The molecule has 0 saturated carbocycles. The first-order chi connectivity index (χ1) is 9.34. The first kappa shape index (κ1) is 12.2. The van der Waals surface area contributed by atoms with Crippen molar-refractivity contribution >= 4 is 5.95 Å². The molecule has 5 heteroatoms. The SMILES string of the molecule is CN(c1ncc(-c2cc[nH]c2)cn1)C1CCNCC1. The number of aromatic nitrogens is 3. The molecule has 2 N–H and O–H groups in total. The Morgan fingerprint density at radius 1 is 1.16 bits per heavy atom. The predicted octanol–water partition coefficient (Wildman–Crippen LogP) is 1.66. The minimum absolute atomic E-state index is 0.541. The monoisotopic (exact) mass is 257 g/mol. The molecule has 1 aliphatic heterocycles. The number of aromatic amines is 1. The Kier molecular flexibility index (Phi) is 3.46. The van der Waals surface area contributed by atoms with E-state index in [2.05, 4.69) is 32.2 Å². The van der Waals surface area contributed by atoms with Crippen molar-refractivity contribution < 1.29 is 0 Å². The summed E-state index contributed by atoms with van der Waals surface area (Å²) >= 11 is 0. The van der Waals surface area contributed by atoms with E-state index in [1.54, 1.807) is 0 Å². The molecule has 100 valence electrons. The van der Waals surface area contributed by atoms with Crippen LogP contribution in [0.5, 0.6) is 0 Å². The molecule has 0 bridgehead atoms. The number of H-pyrrole nitrogens is 1. The van der Waals surface area contributed by atoms with Crippen LogP contribution in [0.3, 0.4) is 0 Å². The number of rotatable bonds is 3. The van der Waals surface area contributed by atoms with Gasteiger partial charge in [-0.15, -0.1) is 0 Å². The van der Waals surface area contributed by atoms with Crippen LogP contribution in [0.15, 0.2) is 30.9 Å². The van der Waals surface area contributed by atoms with Crippen LogP contribution in [0.25, 0.3) is 11.1 Å². The predicted molar refractivity (Wildman–Crippen MR) is 76.1 cm³/mol. The van der Waals surface area contributed by atoms with E-state index >= 15 is 0 Å². The van der Waals surface area contributed by atoms with Gasteiger partial charge >= 0.3 is 0 Å². The zero-order chi connectivity index (χ0) is 13.1. The van der Waals surface area contributed by atoms with E-state index < -0.39 is 0 Å². The summed E-state index contributed by atoms with van der Waals surface area (Å²) in [6, 6.07) is 2.56. The van der Waals surface area contributed by atoms with E-state index in [1.807, 2.05) is 30.9 Å². The highest BCUT2D eigenvalue weighted by atomic mass is 15.3. The number of hydrogen-bond donors (Lipinski definition) is 2. The van der Waals surface area contributed by atoms with Gasteiger partial charge in [0.15, 0.2) is 0 Å². The Morgan fingerprint density at radius 2 is 1.89 bits per heavy atom. The van der Waals surface area contributed by atoms with Crippen LogP contribution in [-0.2, 0) is 0 Å². The van der Waals surface area contributed by atoms with Gasteiger partial charge in [-0.25, -0.2) is 9.97 Å². The van der Waals surface area contributed by atoms with Crippen LogP contribution in [0.1, 0.15) is 12.8 Å². The van der Waals surface area contributed by atoms with E-state index in [4.69, 9.17) is 0 Å². The summed E-state index contributed by atoms with van der Waals surface area (Å²) in [5, 5.41) is 3.38. The zero-order valence-corrected chi connectivity index (χ0v) is 11.1. The van der Waals surface area contributed by atoms with Gasteiger partial charge in [0.05, 0.1) is 0 Å². The molecule has 1 aliphatic rings. The molecule has 2 aromatic heterocycles. The van der Waals surface area contributed by atoms with Gasteiger partial charge in [-0.3, -0.25) is 0 Å². The molecule has 0 aliphatic carbocycles. The van der Waals surface area contributed by atoms with Crippen molar-refractivity contribution in [3.8, 4) is 11.1 Å². The number of nitrogens with zero attached hydrogens (tertiary/aromatic N) is 3. The van der Waals surface area contributed by atoms with Crippen LogP contribution in [0.2, 0.25) is 0 Å². The van der Waals surface area contributed by atoms with Gasteiger partial charge < -0.3 is 15.2 Å². The second-order valence-corrected chi connectivity index (χ2v) is 4.96. The van der Waals surface area contributed by atoms with Crippen molar-refractivity contribution in [1.82, 2.24) is 20.3 Å². The molecule has 0 amide bonds. The second kappa shape index (κ2) is 5.40. The smallest absolute Gasteiger partial charge is 0.225 e. The Hall–Kier alpha value is -1.88. The van der Waals surface area contributed by atoms with E-state index in [9.17, 15) is 0 Å². The number of anilines is 1. The Morgan fingerprint density at radius 3 is 2.53 bits per heavy atom. The molecule has 5 nitrogen and oxygen atoms in total. The third-order valence-corrected chi connectivity index (χ3v) is 3.74. The number of piperidine rings is 1. The number of nitrogens with one attached hydrogen (secondary N) is 2. The molecule has 0 radical (unpaired) electrons. The zero-order valence-electron chi connectivity index (χ0n) is 11.1. The molecule has 19 heavy (non-hydrogen) atoms. The standard InChI is InChI=1S/C14H19N5/c1-19(13-3-6-15-7-4-13)14-17-9-12(10-18-14)11-2-5-16-8-11/h2,5,8-10,13,15-16H,3-4,6-7H2,1H3. The number of hydrogen-bond acceptors (Lipinski definition) is 4. The molecular formula is C14H19N5. The van der Waals surface area contributed by atoms with Crippen molar-refractivity contribution in [2.24, 2.45) is 0 Å². The lowest BCUT2D eigenvalue weighted by atomic mass is 10.1. The molecule has 1 saturated heterocycles. The summed E-state index contributed by atoms with van der Waals surface area (Å²) in [5.74, 6) is 0.811. The van der Waals surface area contributed by atoms with E-state index in [1.165, 1.54) is 0 Å². The van der Waals surface area contributed by atoms with Crippen molar-refractivity contribution in [2.75, 3.05) is 25.0 Å². The molecule has 0 aromatic carbocycles. The summed E-state index contributed by atoms with van der Waals surface area (Å²) in [5.41, 5.74) is 2.17. The van der Waals surface area contributed by atoms with Gasteiger partial charge in [-0.1, -0.05) is 0 Å². The Balaban J connectivity index is 1.74. The first-order valence-electron chi connectivity index (χ1n) is 6.73. The van der Waals surface area contributed by atoms with Crippen molar-refractivity contribution in [3.05, 3.63) is 30.9 Å². The largest absolute Gasteiger partial charge is 0.367 e. The van der Waals surface area contributed by atoms with Gasteiger partial charge in [0, 0.05) is 49.0 Å².